The zero-order chi connectivity index (χ0) is 19.3. The van der Waals surface area contributed by atoms with Gasteiger partial charge in [0.15, 0.2) is 0 Å². The number of fused-ring (bicyclic) bond motifs is 2. The Kier molecular flexibility index (Phi) is 4.88. The van der Waals surface area contributed by atoms with Gasteiger partial charge >= 0.3 is 5.97 Å². The molecule has 0 aromatic rings. The summed E-state index contributed by atoms with van der Waals surface area (Å²) in [6.45, 7) is 13.8. The summed E-state index contributed by atoms with van der Waals surface area (Å²) in [7, 11) is 0. The Morgan fingerprint density at radius 1 is 1.31 bits per heavy atom. The fraction of sp³-hybridized carbons (Fsp3) is 0.818. The van der Waals surface area contributed by atoms with E-state index >= 15 is 0 Å². The van der Waals surface area contributed by atoms with Crippen molar-refractivity contribution in [3.05, 3.63) is 12.2 Å². The summed E-state index contributed by atoms with van der Waals surface area (Å²) in [5, 5.41) is 0. The Hall–Kier alpha value is -1.16. The molecule has 2 aliphatic carbocycles. The van der Waals surface area contributed by atoms with Crippen LogP contribution in [0.2, 0.25) is 0 Å². The van der Waals surface area contributed by atoms with Crippen molar-refractivity contribution >= 4 is 11.8 Å². The summed E-state index contributed by atoms with van der Waals surface area (Å²) in [5.74, 6) is 0.868. The Labute approximate surface area is 157 Å². The highest BCUT2D eigenvalue weighted by atomic mass is 16.6. The van der Waals surface area contributed by atoms with Crippen molar-refractivity contribution in [1.29, 1.82) is 0 Å². The van der Waals surface area contributed by atoms with Crippen LogP contribution in [-0.2, 0) is 19.1 Å². The van der Waals surface area contributed by atoms with Crippen LogP contribution in [0.15, 0.2) is 12.2 Å². The van der Waals surface area contributed by atoms with Gasteiger partial charge in [0.1, 0.15) is 11.4 Å². The van der Waals surface area contributed by atoms with E-state index in [0.717, 1.165) is 32.1 Å². The average Bonchev–Trinajstić information content (AvgIpc) is 3.15. The first kappa shape index (κ1) is 19.6. The maximum atomic E-state index is 13.1. The third-order valence-electron chi connectivity index (χ3n) is 7.20. The fourth-order valence-electron chi connectivity index (χ4n) is 5.26. The van der Waals surface area contributed by atoms with Gasteiger partial charge < -0.3 is 9.47 Å². The number of ketones is 1. The molecule has 146 valence electrons. The van der Waals surface area contributed by atoms with Crippen molar-refractivity contribution in [1.82, 2.24) is 0 Å². The zero-order valence-electron chi connectivity index (χ0n) is 17.0. The number of hydrogen-bond donors (Lipinski definition) is 0. The molecule has 0 amide bonds. The molecule has 1 saturated heterocycles. The van der Waals surface area contributed by atoms with Gasteiger partial charge in [-0.3, -0.25) is 9.59 Å². The van der Waals surface area contributed by atoms with Crippen LogP contribution < -0.4 is 0 Å². The van der Waals surface area contributed by atoms with E-state index in [2.05, 4.69) is 20.4 Å². The summed E-state index contributed by atoms with van der Waals surface area (Å²) in [4.78, 5) is 24.3. The second kappa shape index (κ2) is 6.47. The molecule has 3 fully saturated rings. The molecule has 3 rings (SSSR count). The molecule has 2 saturated carbocycles. The van der Waals surface area contributed by atoms with Gasteiger partial charge in [-0.05, 0) is 71.1 Å². The predicted octanol–water partition coefficient (Wildman–Crippen LogP) is 4.61. The third-order valence-corrected chi connectivity index (χ3v) is 7.20. The van der Waals surface area contributed by atoms with Gasteiger partial charge in [0.05, 0.1) is 11.7 Å². The van der Waals surface area contributed by atoms with Crippen LogP contribution in [0.5, 0.6) is 0 Å². The predicted molar refractivity (Wildman–Crippen MR) is 101 cm³/mol. The molecule has 26 heavy (non-hydrogen) atoms. The molecule has 0 aromatic carbocycles. The van der Waals surface area contributed by atoms with Crippen LogP contribution in [0, 0.1) is 17.3 Å². The molecule has 3 aliphatic rings. The van der Waals surface area contributed by atoms with E-state index in [0.29, 0.717) is 36.6 Å². The Morgan fingerprint density at radius 2 is 2.00 bits per heavy atom. The SMILES string of the molecule is C=C1CC[C@@H]2O[C@@]2(C)CC[C@H]2[C@H]1C[C@]2(C)C(=O)CCC(C)(C)OC(C)=O. The smallest absolute Gasteiger partial charge is 0.303 e. The van der Waals surface area contributed by atoms with Crippen LogP contribution in [-0.4, -0.2) is 29.1 Å². The molecule has 0 aromatic heterocycles. The largest absolute Gasteiger partial charge is 0.460 e. The number of Topliss-reactive ketones (excluding diaryl/α,β-unsaturated/α-hetero) is 1. The number of carbonyl (C=O) groups is 2. The highest BCUT2D eigenvalue weighted by Gasteiger charge is 2.59. The standard InChI is InChI=1S/C22H34O4/c1-14-7-8-19-22(6,26-19)12-9-17-16(14)13-21(17,5)18(24)10-11-20(3,4)25-15(2)23/h16-17,19H,1,7-13H2,2-6H3/t16-,17-,19-,21-,22-/m0/s1. The minimum atomic E-state index is -0.592. The van der Waals surface area contributed by atoms with Crippen molar-refractivity contribution in [2.45, 2.75) is 96.9 Å². The molecule has 4 heteroatoms. The normalized spacial score (nSPS) is 39.4. The molecule has 5 atom stereocenters. The minimum Gasteiger partial charge on any atom is -0.460 e. The molecule has 1 aliphatic heterocycles. The van der Waals surface area contributed by atoms with Gasteiger partial charge in [-0.2, -0.15) is 0 Å². The molecular weight excluding hydrogens is 328 g/mol. The lowest BCUT2D eigenvalue weighted by atomic mass is 9.49. The molecule has 0 unspecified atom stereocenters. The molecule has 0 N–H and O–H groups in total. The van der Waals surface area contributed by atoms with Crippen molar-refractivity contribution in [3.8, 4) is 0 Å². The second-order valence-electron chi connectivity index (χ2n) is 9.77. The number of hydrogen-bond acceptors (Lipinski definition) is 4. The molecule has 0 radical (unpaired) electrons. The third kappa shape index (κ3) is 3.62. The van der Waals surface area contributed by atoms with Crippen molar-refractivity contribution < 1.29 is 19.1 Å². The number of allylic oxidation sites excluding steroid dienone is 1. The van der Waals surface area contributed by atoms with Crippen LogP contribution in [0.1, 0.15) is 79.6 Å². The highest BCUT2D eigenvalue weighted by Crippen LogP contribution is 2.60. The number of rotatable bonds is 5. The van der Waals surface area contributed by atoms with Gasteiger partial charge in [-0.1, -0.05) is 19.1 Å². The second-order valence-corrected chi connectivity index (χ2v) is 9.77. The van der Waals surface area contributed by atoms with Crippen LogP contribution in [0.4, 0.5) is 0 Å². The van der Waals surface area contributed by atoms with Crippen LogP contribution in [0.25, 0.3) is 0 Å². The van der Waals surface area contributed by atoms with Crippen molar-refractivity contribution in [2.75, 3.05) is 0 Å². The van der Waals surface area contributed by atoms with E-state index in [4.69, 9.17) is 9.47 Å². The Morgan fingerprint density at radius 3 is 2.65 bits per heavy atom. The lowest BCUT2D eigenvalue weighted by Crippen LogP contribution is -2.52. The van der Waals surface area contributed by atoms with Gasteiger partial charge in [-0.15, -0.1) is 0 Å². The highest BCUT2D eigenvalue weighted by molar-refractivity contribution is 5.86. The van der Waals surface area contributed by atoms with E-state index in [1.54, 1.807) is 0 Å². The molecule has 0 spiro atoms. The fourth-order valence-corrected chi connectivity index (χ4v) is 5.26. The molecule has 4 nitrogen and oxygen atoms in total. The van der Waals surface area contributed by atoms with Gasteiger partial charge in [-0.25, -0.2) is 0 Å². The number of carbonyl (C=O) groups excluding carboxylic acids is 2. The van der Waals surface area contributed by atoms with Gasteiger partial charge in [0.2, 0.25) is 0 Å². The summed E-state index contributed by atoms with van der Waals surface area (Å²) >= 11 is 0. The maximum Gasteiger partial charge on any atom is 0.303 e. The van der Waals surface area contributed by atoms with Gasteiger partial charge in [0.25, 0.3) is 0 Å². The van der Waals surface area contributed by atoms with E-state index in [1.165, 1.54) is 12.5 Å². The number of epoxide rings is 1. The summed E-state index contributed by atoms with van der Waals surface area (Å²) < 4.78 is 11.3. The van der Waals surface area contributed by atoms with E-state index in [9.17, 15) is 9.59 Å². The minimum absolute atomic E-state index is 0.0199. The average molecular weight is 363 g/mol. The maximum absolute atomic E-state index is 13.1. The molecule has 0 bridgehead atoms. The lowest BCUT2D eigenvalue weighted by molar-refractivity contribution is -0.156. The van der Waals surface area contributed by atoms with E-state index < -0.39 is 5.60 Å². The summed E-state index contributed by atoms with van der Waals surface area (Å²) in [6.07, 6.45) is 6.49. The monoisotopic (exact) mass is 362 g/mol. The van der Waals surface area contributed by atoms with E-state index in [-0.39, 0.29) is 17.0 Å². The first-order chi connectivity index (χ1) is 12.0. The van der Waals surface area contributed by atoms with Crippen LogP contribution in [0.3, 0.4) is 0 Å². The number of ether oxygens (including phenoxy) is 2. The Balaban J connectivity index is 1.64. The summed E-state index contributed by atoms with van der Waals surface area (Å²) in [6, 6.07) is 0. The molecule has 1 heterocycles. The zero-order valence-corrected chi connectivity index (χ0v) is 17.0. The number of esters is 1. The first-order valence-corrected chi connectivity index (χ1v) is 10.1. The lowest BCUT2D eigenvalue weighted by Gasteiger charge is -2.54. The summed E-state index contributed by atoms with van der Waals surface area (Å²) in [5.41, 5.74) is 0.461. The topological polar surface area (TPSA) is 55.9 Å². The first-order valence-electron chi connectivity index (χ1n) is 10.1. The molecular formula is C22H34O4. The van der Waals surface area contributed by atoms with Gasteiger partial charge in [0, 0.05) is 18.8 Å². The van der Waals surface area contributed by atoms with E-state index in [1.807, 2.05) is 13.8 Å². The van der Waals surface area contributed by atoms with Crippen LogP contribution >= 0.6 is 0 Å². The van der Waals surface area contributed by atoms with Crippen molar-refractivity contribution in [3.63, 3.8) is 0 Å². The Bertz CT molecular complexity index is 622. The quantitative estimate of drug-likeness (QED) is 0.407. The van der Waals surface area contributed by atoms with Crippen molar-refractivity contribution in [2.24, 2.45) is 17.3 Å².